The maximum absolute atomic E-state index is 12.6. The molecule has 1 aliphatic carbocycles. The molecular formula is C24H33N3O2. The number of nitrogens with zero attached hydrogens (tertiary/aromatic N) is 2. The minimum Gasteiger partial charge on any atom is -0.493 e. The number of hydrogen-bond acceptors (Lipinski definition) is 3. The molecule has 1 aromatic carbocycles. The second-order valence-corrected chi connectivity index (χ2v) is 8.89. The van der Waals surface area contributed by atoms with Gasteiger partial charge in [0.25, 0.3) is 0 Å². The van der Waals surface area contributed by atoms with Crippen molar-refractivity contribution in [1.82, 2.24) is 15.1 Å². The van der Waals surface area contributed by atoms with Gasteiger partial charge in [0, 0.05) is 37.0 Å². The highest BCUT2D eigenvalue weighted by atomic mass is 16.5. The van der Waals surface area contributed by atoms with Gasteiger partial charge in [-0.2, -0.15) is 5.10 Å². The first-order chi connectivity index (χ1) is 14.1. The molecule has 1 aliphatic heterocycles. The van der Waals surface area contributed by atoms with Gasteiger partial charge in [-0.15, -0.1) is 0 Å². The molecular weight excluding hydrogens is 362 g/mol. The highest BCUT2D eigenvalue weighted by Gasteiger charge is 2.33. The Labute approximate surface area is 173 Å². The van der Waals surface area contributed by atoms with Gasteiger partial charge in [0.2, 0.25) is 5.91 Å². The predicted molar refractivity (Wildman–Crippen MR) is 114 cm³/mol. The zero-order chi connectivity index (χ0) is 20.2. The molecule has 2 aromatic rings. The zero-order valence-corrected chi connectivity index (χ0v) is 17.7. The Bertz CT molecular complexity index is 806. The average molecular weight is 396 g/mol. The molecule has 1 saturated carbocycles. The monoisotopic (exact) mass is 395 g/mol. The number of amides is 1. The van der Waals surface area contributed by atoms with E-state index in [-0.39, 0.29) is 5.92 Å². The molecule has 2 aliphatic rings. The highest BCUT2D eigenvalue weighted by molar-refractivity contribution is 5.79. The number of carbonyl (C=O) groups excluding carboxylic acids is 1. The summed E-state index contributed by atoms with van der Waals surface area (Å²) in [5.74, 6) is 2.45. The summed E-state index contributed by atoms with van der Waals surface area (Å²) in [4.78, 5) is 14.7. The average Bonchev–Trinajstić information content (AvgIpc) is 3.48. The number of hydrogen-bond donors (Lipinski definition) is 1. The van der Waals surface area contributed by atoms with E-state index >= 15 is 0 Å². The number of rotatable bonds is 7. The van der Waals surface area contributed by atoms with Gasteiger partial charge < -0.3 is 9.64 Å². The fourth-order valence-electron chi connectivity index (χ4n) is 4.58. The molecule has 0 spiro atoms. The third-order valence-electron chi connectivity index (χ3n) is 6.46. The Kier molecular flexibility index (Phi) is 6.22. The number of carbonyl (C=O) groups is 1. The van der Waals surface area contributed by atoms with Gasteiger partial charge in [0.05, 0.1) is 12.3 Å². The van der Waals surface area contributed by atoms with Crippen LogP contribution in [0.4, 0.5) is 0 Å². The normalized spacial score (nSPS) is 20.0. The number of nitrogens with one attached hydrogen (secondary N) is 1. The van der Waals surface area contributed by atoms with Crippen LogP contribution in [-0.4, -0.2) is 40.7 Å². The molecule has 1 aromatic heterocycles. The zero-order valence-electron chi connectivity index (χ0n) is 17.7. The minimum atomic E-state index is 0.273. The van der Waals surface area contributed by atoms with E-state index in [1.807, 2.05) is 12.1 Å². The van der Waals surface area contributed by atoms with Gasteiger partial charge in [-0.25, -0.2) is 0 Å². The lowest BCUT2D eigenvalue weighted by atomic mass is 10.0. The van der Waals surface area contributed by atoms with E-state index in [1.54, 1.807) is 0 Å². The number of benzene rings is 1. The molecule has 5 heteroatoms. The topological polar surface area (TPSA) is 58.2 Å². The van der Waals surface area contributed by atoms with E-state index in [0.717, 1.165) is 55.9 Å². The lowest BCUT2D eigenvalue weighted by Crippen LogP contribution is -2.33. The molecule has 156 valence electrons. The van der Waals surface area contributed by atoms with Crippen LogP contribution < -0.4 is 4.74 Å². The van der Waals surface area contributed by atoms with Crippen LogP contribution in [0.5, 0.6) is 5.75 Å². The van der Waals surface area contributed by atoms with E-state index in [9.17, 15) is 4.79 Å². The standard InChI is InChI=1S/C24H33N3O2/c1-17(2)18-7-9-22(10-8-18)29-14-12-21-15-23(26-25-21)20-11-13-27(16-20)24(28)19-5-3-4-6-19/h7-10,15,17,19-20H,3-6,11-14,16H2,1-2H3,(H,25,26)/t20-/m1/s1. The molecule has 5 nitrogen and oxygen atoms in total. The Balaban J connectivity index is 1.25. The summed E-state index contributed by atoms with van der Waals surface area (Å²) in [6.45, 7) is 6.70. The molecule has 2 fully saturated rings. The van der Waals surface area contributed by atoms with Gasteiger partial charge >= 0.3 is 0 Å². The van der Waals surface area contributed by atoms with E-state index in [2.05, 4.69) is 47.1 Å². The fourth-order valence-corrected chi connectivity index (χ4v) is 4.58. The third-order valence-corrected chi connectivity index (χ3v) is 6.46. The lowest BCUT2D eigenvalue weighted by molar-refractivity contribution is -0.134. The van der Waals surface area contributed by atoms with Crippen LogP contribution in [0.25, 0.3) is 0 Å². The number of likely N-dealkylation sites (tertiary alicyclic amines) is 1. The van der Waals surface area contributed by atoms with Gasteiger partial charge in [-0.1, -0.05) is 38.8 Å². The van der Waals surface area contributed by atoms with Crippen molar-refractivity contribution in [2.45, 2.75) is 64.2 Å². The van der Waals surface area contributed by atoms with Crippen LogP contribution in [0.1, 0.15) is 74.7 Å². The van der Waals surface area contributed by atoms with Gasteiger partial charge in [-0.05, 0) is 48.9 Å². The minimum absolute atomic E-state index is 0.273. The van der Waals surface area contributed by atoms with Crippen molar-refractivity contribution in [3.05, 3.63) is 47.3 Å². The summed E-state index contributed by atoms with van der Waals surface area (Å²) in [5, 5.41) is 7.69. The molecule has 2 heterocycles. The maximum Gasteiger partial charge on any atom is 0.225 e. The predicted octanol–water partition coefficient (Wildman–Crippen LogP) is 4.66. The molecule has 0 bridgehead atoms. The van der Waals surface area contributed by atoms with E-state index in [1.165, 1.54) is 18.4 Å². The molecule has 4 rings (SSSR count). The largest absolute Gasteiger partial charge is 0.493 e. The second-order valence-electron chi connectivity index (χ2n) is 8.89. The fraction of sp³-hybridized carbons (Fsp3) is 0.583. The van der Waals surface area contributed by atoms with Crippen molar-refractivity contribution >= 4 is 5.91 Å². The van der Waals surface area contributed by atoms with Crippen LogP contribution in [0, 0.1) is 5.92 Å². The van der Waals surface area contributed by atoms with Crippen molar-refractivity contribution in [3.63, 3.8) is 0 Å². The summed E-state index contributed by atoms with van der Waals surface area (Å²) in [7, 11) is 0. The molecule has 1 N–H and O–H groups in total. The number of H-pyrrole nitrogens is 1. The summed E-state index contributed by atoms with van der Waals surface area (Å²) < 4.78 is 5.88. The van der Waals surface area contributed by atoms with Crippen LogP contribution in [0.2, 0.25) is 0 Å². The van der Waals surface area contributed by atoms with Crippen LogP contribution in [-0.2, 0) is 11.2 Å². The first kappa shape index (κ1) is 20.0. The van der Waals surface area contributed by atoms with E-state index < -0.39 is 0 Å². The van der Waals surface area contributed by atoms with Crippen molar-refractivity contribution in [3.8, 4) is 5.75 Å². The summed E-state index contributed by atoms with van der Waals surface area (Å²) in [6, 6.07) is 10.5. The Hall–Kier alpha value is -2.30. The molecule has 0 radical (unpaired) electrons. The molecule has 29 heavy (non-hydrogen) atoms. The summed E-state index contributed by atoms with van der Waals surface area (Å²) >= 11 is 0. The van der Waals surface area contributed by atoms with Crippen molar-refractivity contribution < 1.29 is 9.53 Å². The number of aromatic nitrogens is 2. The van der Waals surface area contributed by atoms with Gasteiger partial charge in [0.1, 0.15) is 5.75 Å². The summed E-state index contributed by atoms with van der Waals surface area (Å²) in [5.41, 5.74) is 3.51. The third kappa shape index (κ3) is 4.82. The molecule has 1 saturated heterocycles. The van der Waals surface area contributed by atoms with Gasteiger partial charge in [0.15, 0.2) is 0 Å². The maximum atomic E-state index is 12.6. The Morgan fingerprint density at radius 1 is 1.21 bits per heavy atom. The van der Waals surface area contributed by atoms with Crippen LogP contribution >= 0.6 is 0 Å². The first-order valence-corrected chi connectivity index (χ1v) is 11.2. The Morgan fingerprint density at radius 2 is 1.97 bits per heavy atom. The SMILES string of the molecule is CC(C)c1ccc(OCCc2cc([C@@H]3CCN(C(=O)C4CCCC4)C3)n[nH]2)cc1. The molecule has 1 amide bonds. The summed E-state index contributed by atoms with van der Waals surface area (Å²) in [6.07, 6.45) is 6.39. The second kappa shape index (κ2) is 9.02. The number of ether oxygens (including phenoxy) is 1. The van der Waals surface area contributed by atoms with Crippen LogP contribution in [0.15, 0.2) is 30.3 Å². The molecule has 0 unspecified atom stereocenters. The van der Waals surface area contributed by atoms with Crippen molar-refractivity contribution in [2.75, 3.05) is 19.7 Å². The highest BCUT2D eigenvalue weighted by Crippen LogP contribution is 2.31. The van der Waals surface area contributed by atoms with Crippen LogP contribution in [0.3, 0.4) is 0 Å². The smallest absolute Gasteiger partial charge is 0.225 e. The van der Waals surface area contributed by atoms with Crippen molar-refractivity contribution in [1.29, 1.82) is 0 Å². The Morgan fingerprint density at radius 3 is 2.69 bits per heavy atom. The molecule has 1 atom stereocenters. The number of aromatic amines is 1. The lowest BCUT2D eigenvalue weighted by Gasteiger charge is -2.20. The quantitative estimate of drug-likeness (QED) is 0.742. The first-order valence-electron chi connectivity index (χ1n) is 11.2. The van der Waals surface area contributed by atoms with Crippen molar-refractivity contribution in [2.24, 2.45) is 5.92 Å². The van der Waals surface area contributed by atoms with E-state index in [4.69, 9.17) is 4.74 Å². The van der Waals surface area contributed by atoms with E-state index in [0.29, 0.717) is 24.3 Å². The van der Waals surface area contributed by atoms with Gasteiger partial charge in [-0.3, -0.25) is 9.89 Å².